The van der Waals surface area contributed by atoms with Gasteiger partial charge in [-0.05, 0) is 37.8 Å². The van der Waals surface area contributed by atoms with Gasteiger partial charge in [-0.15, -0.1) is 24.0 Å². The van der Waals surface area contributed by atoms with Crippen LogP contribution in [0.2, 0.25) is 0 Å². The molecular formula is C22H37IN4O. The van der Waals surface area contributed by atoms with Crippen LogP contribution in [0.3, 0.4) is 0 Å². The van der Waals surface area contributed by atoms with Crippen LogP contribution in [0.1, 0.15) is 50.7 Å². The average Bonchev–Trinajstić information content (AvgIpc) is 3.19. The van der Waals surface area contributed by atoms with Crippen molar-refractivity contribution in [3.63, 3.8) is 0 Å². The zero-order valence-corrected chi connectivity index (χ0v) is 19.7. The predicted molar refractivity (Wildman–Crippen MR) is 128 cm³/mol. The number of benzene rings is 1. The zero-order chi connectivity index (χ0) is 18.9. The maximum absolute atomic E-state index is 6.01. The molecule has 28 heavy (non-hydrogen) atoms. The topological polar surface area (TPSA) is 48.9 Å². The van der Waals surface area contributed by atoms with Gasteiger partial charge in [0.05, 0.1) is 6.10 Å². The van der Waals surface area contributed by atoms with Crippen LogP contribution in [0, 0.1) is 5.92 Å². The van der Waals surface area contributed by atoms with Crippen molar-refractivity contribution in [2.45, 2.75) is 51.2 Å². The molecule has 0 spiro atoms. The van der Waals surface area contributed by atoms with Crippen molar-refractivity contribution in [1.82, 2.24) is 15.5 Å². The molecule has 3 rings (SSSR count). The number of nitrogens with zero attached hydrogens (tertiary/aromatic N) is 2. The predicted octanol–water partition coefficient (Wildman–Crippen LogP) is 3.81. The summed E-state index contributed by atoms with van der Waals surface area (Å²) >= 11 is 0. The van der Waals surface area contributed by atoms with E-state index in [0.29, 0.717) is 12.0 Å². The summed E-state index contributed by atoms with van der Waals surface area (Å²) in [6.07, 6.45) is 6.28. The highest BCUT2D eigenvalue weighted by Crippen LogP contribution is 2.33. The Labute approximate surface area is 187 Å². The Kier molecular flexibility index (Phi) is 10.6. The molecule has 1 aromatic rings. The highest BCUT2D eigenvalue weighted by molar-refractivity contribution is 14.0. The van der Waals surface area contributed by atoms with Crippen LogP contribution < -0.4 is 10.6 Å². The van der Waals surface area contributed by atoms with E-state index in [-0.39, 0.29) is 30.1 Å². The Balaban J connectivity index is 0.00000280. The van der Waals surface area contributed by atoms with E-state index in [0.717, 1.165) is 25.5 Å². The molecule has 2 heterocycles. The van der Waals surface area contributed by atoms with Gasteiger partial charge in [-0.3, -0.25) is 4.99 Å². The minimum Gasteiger partial charge on any atom is -0.373 e. The lowest BCUT2D eigenvalue weighted by Crippen LogP contribution is -2.49. The van der Waals surface area contributed by atoms with Crippen LogP contribution in [-0.2, 0) is 4.74 Å². The molecule has 0 aromatic heterocycles. The summed E-state index contributed by atoms with van der Waals surface area (Å²) in [5.74, 6) is 1.42. The molecule has 158 valence electrons. The summed E-state index contributed by atoms with van der Waals surface area (Å²) < 4.78 is 6.01. The maximum Gasteiger partial charge on any atom is 0.191 e. The summed E-state index contributed by atoms with van der Waals surface area (Å²) in [6, 6.07) is 11.1. The first kappa shape index (κ1) is 23.4. The van der Waals surface area contributed by atoms with Gasteiger partial charge >= 0.3 is 0 Å². The van der Waals surface area contributed by atoms with Crippen molar-refractivity contribution in [2.75, 3.05) is 39.8 Å². The molecule has 6 heteroatoms. The van der Waals surface area contributed by atoms with Gasteiger partial charge < -0.3 is 20.3 Å². The molecule has 0 saturated carbocycles. The van der Waals surface area contributed by atoms with Crippen LogP contribution in [0.4, 0.5) is 0 Å². The van der Waals surface area contributed by atoms with Gasteiger partial charge in [0.2, 0.25) is 0 Å². The molecule has 0 bridgehead atoms. The number of ether oxygens (including phenoxy) is 1. The van der Waals surface area contributed by atoms with Crippen LogP contribution in [-0.4, -0.2) is 56.7 Å². The van der Waals surface area contributed by atoms with Crippen molar-refractivity contribution in [2.24, 2.45) is 10.9 Å². The van der Waals surface area contributed by atoms with E-state index in [1.165, 1.54) is 50.9 Å². The Hall–Kier alpha value is -0.860. The Bertz CT molecular complexity index is 575. The van der Waals surface area contributed by atoms with Gasteiger partial charge in [-0.1, -0.05) is 43.7 Å². The average molecular weight is 500 g/mol. The molecule has 0 amide bonds. The lowest BCUT2D eigenvalue weighted by atomic mass is 9.95. The highest BCUT2D eigenvalue weighted by Gasteiger charge is 2.29. The fourth-order valence-electron chi connectivity index (χ4n) is 4.15. The second kappa shape index (κ2) is 12.6. The number of likely N-dealkylation sites (tertiary alicyclic amines) is 1. The summed E-state index contributed by atoms with van der Waals surface area (Å²) in [5.41, 5.74) is 1.28. The summed E-state index contributed by atoms with van der Waals surface area (Å²) in [5, 5.41) is 7.18. The smallest absolute Gasteiger partial charge is 0.191 e. The van der Waals surface area contributed by atoms with E-state index in [1.54, 1.807) is 0 Å². The first-order valence-electron chi connectivity index (χ1n) is 10.7. The molecule has 5 nitrogen and oxygen atoms in total. The van der Waals surface area contributed by atoms with Crippen molar-refractivity contribution < 1.29 is 4.74 Å². The third kappa shape index (κ3) is 6.88. The third-order valence-corrected chi connectivity index (χ3v) is 5.85. The number of piperidine rings is 1. The van der Waals surface area contributed by atoms with Crippen LogP contribution in [0.25, 0.3) is 0 Å². The first-order valence-corrected chi connectivity index (χ1v) is 10.7. The zero-order valence-electron chi connectivity index (χ0n) is 17.4. The van der Waals surface area contributed by atoms with Crippen LogP contribution in [0.15, 0.2) is 35.3 Å². The van der Waals surface area contributed by atoms with E-state index in [2.05, 4.69) is 57.8 Å². The lowest BCUT2D eigenvalue weighted by molar-refractivity contribution is 0.0915. The Morgan fingerprint density at radius 1 is 1.18 bits per heavy atom. The van der Waals surface area contributed by atoms with E-state index in [1.807, 2.05) is 7.05 Å². The normalized spacial score (nSPS) is 24.0. The molecular weight excluding hydrogens is 463 g/mol. The molecule has 2 aliphatic rings. The van der Waals surface area contributed by atoms with Gasteiger partial charge in [-0.2, -0.15) is 0 Å². The minimum atomic E-state index is 0. The largest absolute Gasteiger partial charge is 0.373 e. The minimum absolute atomic E-state index is 0. The van der Waals surface area contributed by atoms with Gasteiger partial charge in [0.1, 0.15) is 0 Å². The fourth-order valence-corrected chi connectivity index (χ4v) is 4.15. The molecule has 0 radical (unpaired) electrons. The fraction of sp³-hybridized carbons (Fsp3) is 0.682. The quantitative estimate of drug-likeness (QED) is 0.340. The number of guanidine groups is 1. The van der Waals surface area contributed by atoms with Crippen LogP contribution in [0.5, 0.6) is 0 Å². The molecule has 2 fully saturated rings. The van der Waals surface area contributed by atoms with Crippen molar-refractivity contribution in [3.05, 3.63) is 35.9 Å². The van der Waals surface area contributed by atoms with Gasteiger partial charge in [0.25, 0.3) is 0 Å². The second-order valence-electron chi connectivity index (χ2n) is 7.82. The van der Waals surface area contributed by atoms with E-state index in [9.17, 15) is 0 Å². The second-order valence-corrected chi connectivity index (χ2v) is 7.82. The molecule has 0 aliphatic carbocycles. The number of unbranched alkanes of at least 4 members (excludes halogenated alkanes) is 1. The van der Waals surface area contributed by atoms with E-state index in [4.69, 9.17) is 4.74 Å². The third-order valence-electron chi connectivity index (χ3n) is 5.85. The number of aliphatic imine (C=N–C) groups is 1. The Morgan fingerprint density at radius 3 is 2.61 bits per heavy atom. The first-order chi connectivity index (χ1) is 13.3. The molecule has 2 saturated heterocycles. The Morgan fingerprint density at radius 2 is 1.93 bits per heavy atom. The lowest BCUT2D eigenvalue weighted by Gasteiger charge is -2.33. The number of halogens is 1. The van der Waals surface area contributed by atoms with Gasteiger partial charge in [0, 0.05) is 45.2 Å². The number of rotatable bonds is 7. The van der Waals surface area contributed by atoms with Gasteiger partial charge in [0.15, 0.2) is 5.96 Å². The van der Waals surface area contributed by atoms with E-state index >= 15 is 0 Å². The van der Waals surface area contributed by atoms with Crippen molar-refractivity contribution in [3.8, 4) is 0 Å². The van der Waals surface area contributed by atoms with Crippen molar-refractivity contribution >= 4 is 29.9 Å². The number of hydrogen-bond donors (Lipinski definition) is 2. The van der Waals surface area contributed by atoms with Crippen LogP contribution >= 0.6 is 24.0 Å². The molecule has 1 aromatic carbocycles. The SMILES string of the molecule is CCCCN1CCC(NC(=NC)NCC2CCOC2c2ccccc2)CC1.I. The van der Waals surface area contributed by atoms with Crippen molar-refractivity contribution in [1.29, 1.82) is 0 Å². The van der Waals surface area contributed by atoms with Gasteiger partial charge in [-0.25, -0.2) is 0 Å². The standard InChI is InChI=1S/C22H36N4O.HI/c1-3-4-13-26-14-10-20(11-15-26)25-22(23-2)24-17-19-12-16-27-21(19)18-8-6-5-7-9-18;/h5-9,19-21H,3-4,10-17H2,1-2H3,(H2,23,24,25);1H. The highest BCUT2D eigenvalue weighted by atomic mass is 127. The number of nitrogens with one attached hydrogen (secondary N) is 2. The summed E-state index contributed by atoms with van der Waals surface area (Å²) in [7, 11) is 1.87. The maximum atomic E-state index is 6.01. The molecule has 2 atom stereocenters. The van der Waals surface area contributed by atoms with E-state index < -0.39 is 0 Å². The summed E-state index contributed by atoms with van der Waals surface area (Å²) in [6.45, 7) is 7.64. The molecule has 2 aliphatic heterocycles. The monoisotopic (exact) mass is 500 g/mol. The number of hydrogen-bond acceptors (Lipinski definition) is 3. The summed E-state index contributed by atoms with van der Waals surface area (Å²) in [4.78, 5) is 7.04. The molecule has 2 unspecified atom stereocenters. The molecule has 2 N–H and O–H groups in total.